The molecule has 0 aliphatic rings. The summed E-state index contributed by atoms with van der Waals surface area (Å²) in [6.07, 6.45) is -3.79. The smallest absolute Gasteiger partial charge is 0.276 e. The zero-order chi connectivity index (χ0) is 20.3. The van der Waals surface area contributed by atoms with E-state index in [1.54, 1.807) is 30.3 Å². The third-order valence-corrected chi connectivity index (χ3v) is 4.66. The summed E-state index contributed by atoms with van der Waals surface area (Å²) in [7, 11) is 0. The fourth-order valence-electron chi connectivity index (χ4n) is 2.14. The van der Waals surface area contributed by atoms with Gasteiger partial charge in [-0.05, 0) is 18.2 Å². The molecule has 3 rings (SSSR count). The summed E-state index contributed by atoms with van der Waals surface area (Å²) in [4.78, 5) is 23.7. The Kier molecular flexibility index (Phi) is 5.75. The highest BCUT2D eigenvalue weighted by atomic mass is 35.5. The Bertz CT molecular complexity index is 1030. The third kappa shape index (κ3) is 4.54. The number of benzene rings is 1. The van der Waals surface area contributed by atoms with Gasteiger partial charge < -0.3 is 0 Å². The third-order valence-electron chi connectivity index (χ3n) is 3.44. The number of nitrogens with zero attached hydrogens (tertiary/aromatic N) is 3. The lowest BCUT2D eigenvalue weighted by Crippen LogP contribution is -2.42. The van der Waals surface area contributed by atoms with Crippen molar-refractivity contribution in [2.75, 3.05) is 5.75 Å². The summed E-state index contributed by atoms with van der Waals surface area (Å²) in [5.41, 5.74) is 3.88. The van der Waals surface area contributed by atoms with E-state index in [-0.39, 0.29) is 21.6 Å². The number of thioether (sulfide) groups is 1. The molecule has 0 spiro atoms. The van der Waals surface area contributed by atoms with Crippen LogP contribution in [-0.4, -0.2) is 32.2 Å². The number of carbonyl (C=O) groups excluding carboxylic acids is 2. The van der Waals surface area contributed by atoms with Crippen LogP contribution in [0.2, 0.25) is 5.02 Å². The topological polar surface area (TPSA) is 88.4 Å². The molecule has 28 heavy (non-hydrogen) atoms. The molecule has 0 aliphatic carbocycles. The Morgan fingerprint density at radius 2 is 1.86 bits per heavy atom. The van der Waals surface area contributed by atoms with Gasteiger partial charge in [0.15, 0.2) is 10.8 Å². The van der Waals surface area contributed by atoms with Crippen LogP contribution in [0.3, 0.4) is 0 Å². The molecule has 7 nitrogen and oxygen atoms in total. The molecule has 1 aromatic carbocycles. The Labute approximate surface area is 165 Å². The van der Waals surface area contributed by atoms with Crippen molar-refractivity contribution < 1.29 is 22.8 Å². The van der Waals surface area contributed by atoms with E-state index in [1.165, 1.54) is 0 Å². The minimum atomic E-state index is -4.59. The van der Waals surface area contributed by atoms with Gasteiger partial charge in [-0.3, -0.25) is 24.8 Å². The number of pyridine rings is 1. The van der Waals surface area contributed by atoms with E-state index in [0.717, 1.165) is 28.4 Å². The van der Waals surface area contributed by atoms with E-state index >= 15 is 0 Å². The van der Waals surface area contributed by atoms with Crippen LogP contribution >= 0.6 is 23.4 Å². The first kappa shape index (κ1) is 20.0. The van der Waals surface area contributed by atoms with Gasteiger partial charge in [0.2, 0.25) is 5.91 Å². The summed E-state index contributed by atoms with van der Waals surface area (Å²) < 4.78 is 39.9. The van der Waals surface area contributed by atoms with E-state index in [2.05, 4.69) is 21.0 Å². The molecule has 2 amide bonds. The standard InChI is InChI=1S/C16H11ClF3N5O2S/c17-11-6-10(16(18,19)20)7-25-13(11)22-24-15(25)28-8-12(26)21-23-14(27)9-4-2-1-3-5-9/h1-7H,8H2,(H,21,26)(H,23,27). The summed E-state index contributed by atoms with van der Waals surface area (Å²) in [6.45, 7) is 0. The van der Waals surface area contributed by atoms with Gasteiger partial charge in [-0.15, -0.1) is 10.2 Å². The Morgan fingerprint density at radius 3 is 2.54 bits per heavy atom. The minimum absolute atomic E-state index is 0.0370. The first-order valence-corrected chi connectivity index (χ1v) is 9.00. The molecule has 0 saturated heterocycles. The number of amides is 2. The van der Waals surface area contributed by atoms with Crippen molar-refractivity contribution in [2.24, 2.45) is 0 Å². The highest BCUT2D eigenvalue weighted by Gasteiger charge is 2.32. The number of halogens is 4. The van der Waals surface area contributed by atoms with Crippen molar-refractivity contribution in [3.8, 4) is 0 Å². The molecule has 2 heterocycles. The number of rotatable bonds is 4. The van der Waals surface area contributed by atoms with Gasteiger partial charge in [0.05, 0.1) is 16.3 Å². The number of carbonyl (C=O) groups is 2. The fraction of sp³-hybridized carbons (Fsp3) is 0.125. The Hall–Kier alpha value is -2.79. The number of aromatic nitrogens is 3. The lowest BCUT2D eigenvalue weighted by molar-refractivity contribution is -0.137. The number of fused-ring (bicyclic) bond motifs is 1. The molecule has 0 unspecified atom stereocenters. The van der Waals surface area contributed by atoms with Gasteiger partial charge in [-0.25, -0.2) is 0 Å². The quantitative estimate of drug-likeness (QED) is 0.492. The maximum atomic E-state index is 12.9. The maximum Gasteiger partial charge on any atom is 0.417 e. The van der Waals surface area contributed by atoms with Gasteiger partial charge in [-0.2, -0.15) is 13.2 Å². The summed E-state index contributed by atoms with van der Waals surface area (Å²) in [5.74, 6) is -1.30. The Balaban J connectivity index is 1.64. The lowest BCUT2D eigenvalue weighted by atomic mass is 10.2. The summed E-state index contributed by atoms with van der Waals surface area (Å²) >= 11 is 6.67. The normalized spacial score (nSPS) is 11.4. The van der Waals surface area contributed by atoms with Crippen LogP contribution in [0, 0.1) is 0 Å². The van der Waals surface area contributed by atoms with Crippen molar-refractivity contribution in [3.05, 3.63) is 58.7 Å². The maximum absolute atomic E-state index is 12.9. The molecular formula is C16H11ClF3N5O2S. The SMILES string of the molecule is O=C(CSc1nnc2c(Cl)cc(C(F)(F)F)cn12)NNC(=O)c1ccccc1. The fourth-order valence-corrected chi connectivity index (χ4v) is 3.10. The first-order valence-electron chi connectivity index (χ1n) is 7.64. The van der Waals surface area contributed by atoms with Crippen molar-refractivity contribution in [1.82, 2.24) is 25.4 Å². The van der Waals surface area contributed by atoms with Crippen molar-refractivity contribution in [1.29, 1.82) is 0 Å². The van der Waals surface area contributed by atoms with Gasteiger partial charge in [0.1, 0.15) is 0 Å². The largest absolute Gasteiger partial charge is 0.417 e. The molecule has 0 saturated carbocycles. The van der Waals surface area contributed by atoms with Crippen LogP contribution in [0.4, 0.5) is 13.2 Å². The van der Waals surface area contributed by atoms with Crippen LogP contribution in [0.25, 0.3) is 5.65 Å². The van der Waals surface area contributed by atoms with Crippen LogP contribution < -0.4 is 10.9 Å². The molecule has 146 valence electrons. The second kappa shape index (κ2) is 8.07. The molecule has 3 aromatic rings. The van der Waals surface area contributed by atoms with Crippen LogP contribution in [0.15, 0.2) is 47.8 Å². The van der Waals surface area contributed by atoms with Crippen LogP contribution in [0.1, 0.15) is 15.9 Å². The molecule has 0 fully saturated rings. The van der Waals surface area contributed by atoms with Gasteiger partial charge in [-0.1, -0.05) is 41.6 Å². The summed E-state index contributed by atoms with van der Waals surface area (Å²) in [5, 5.41) is 7.31. The van der Waals surface area contributed by atoms with E-state index in [1.807, 2.05) is 0 Å². The Morgan fingerprint density at radius 1 is 1.14 bits per heavy atom. The van der Waals surface area contributed by atoms with Crippen molar-refractivity contribution in [2.45, 2.75) is 11.3 Å². The average Bonchev–Trinajstić information content (AvgIpc) is 3.08. The minimum Gasteiger partial charge on any atom is -0.276 e. The van der Waals surface area contributed by atoms with E-state index in [9.17, 15) is 22.8 Å². The van der Waals surface area contributed by atoms with Gasteiger partial charge >= 0.3 is 6.18 Å². The zero-order valence-corrected chi connectivity index (χ0v) is 15.4. The predicted molar refractivity (Wildman–Crippen MR) is 95.8 cm³/mol. The molecule has 0 aliphatic heterocycles. The number of nitrogens with one attached hydrogen (secondary N) is 2. The monoisotopic (exact) mass is 429 g/mol. The molecule has 2 aromatic heterocycles. The molecule has 12 heteroatoms. The molecule has 0 bridgehead atoms. The number of hydrogen-bond acceptors (Lipinski definition) is 5. The average molecular weight is 430 g/mol. The van der Waals surface area contributed by atoms with E-state index < -0.39 is 23.6 Å². The van der Waals surface area contributed by atoms with Crippen molar-refractivity contribution >= 4 is 40.8 Å². The van der Waals surface area contributed by atoms with E-state index in [4.69, 9.17) is 11.6 Å². The second-order valence-corrected chi connectivity index (χ2v) is 6.76. The van der Waals surface area contributed by atoms with Gasteiger partial charge in [0.25, 0.3) is 5.91 Å². The summed E-state index contributed by atoms with van der Waals surface area (Å²) in [6, 6.07) is 8.98. The van der Waals surface area contributed by atoms with Crippen LogP contribution in [0.5, 0.6) is 0 Å². The highest BCUT2D eigenvalue weighted by Crippen LogP contribution is 2.33. The molecule has 0 atom stereocenters. The molecule has 0 radical (unpaired) electrons. The highest BCUT2D eigenvalue weighted by molar-refractivity contribution is 7.99. The lowest BCUT2D eigenvalue weighted by Gasteiger charge is -2.09. The zero-order valence-electron chi connectivity index (χ0n) is 13.8. The predicted octanol–water partition coefficient (Wildman–Crippen LogP) is 2.95. The van der Waals surface area contributed by atoms with Crippen LogP contribution in [-0.2, 0) is 11.0 Å². The molecule has 2 N–H and O–H groups in total. The first-order chi connectivity index (χ1) is 13.3. The number of alkyl halides is 3. The van der Waals surface area contributed by atoms with Crippen molar-refractivity contribution in [3.63, 3.8) is 0 Å². The second-order valence-electron chi connectivity index (χ2n) is 5.41. The van der Waals surface area contributed by atoms with E-state index in [0.29, 0.717) is 5.56 Å². The number of hydrazine groups is 1. The molecular weight excluding hydrogens is 419 g/mol. The number of hydrogen-bond donors (Lipinski definition) is 2. The van der Waals surface area contributed by atoms with Gasteiger partial charge in [0, 0.05) is 11.8 Å².